The molecule has 0 radical (unpaired) electrons. The third-order valence-electron chi connectivity index (χ3n) is 5.02. The molecule has 36 heavy (non-hydrogen) atoms. The molecule has 1 atom stereocenters. The molecule has 3 aromatic rings. The van der Waals surface area contributed by atoms with Gasteiger partial charge in [0.05, 0.1) is 6.04 Å². The monoisotopic (exact) mass is 491 g/mol. The van der Waals surface area contributed by atoms with Gasteiger partial charge in [0.2, 0.25) is 0 Å². The predicted octanol–water partition coefficient (Wildman–Crippen LogP) is 4.78. The number of nitrogens with one attached hydrogen (secondary N) is 2. The molecule has 3 aromatic carbocycles. The molecule has 0 saturated heterocycles. The molecular formula is C27H29N3O6. The predicted molar refractivity (Wildman–Crippen MR) is 132 cm³/mol. The van der Waals surface area contributed by atoms with Gasteiger partial charge in [0.25, 0.3) is 0 Å². The van der Waals surface area contributed by atoms with E-state index in [-0.39, 0.29) is 26.4 Å². The van der Waals surface area contributed by atoms with Gasteiger partial charge in [0.1, 0.15) is 19.8 Å². The van der Waals surface area contributed by atoms with Crippen molar-refractivity contribution in [3.8, 4) is 0 Å². The fourth-order valence-corrected chi connectivity index (χ4v) is 3.07. The van der Waals surface area contributed by atoms with E-state index in [1.807, 2.05) is 91.0 Å². The maximum Gasteiger partial charge on any atom is 0.429 e. The van der Waals surface area contributed by atoms with Gasteiger partial charge >= 0.3 is 18.3 Å². The number of benzene rings is 3. The molecule has 0 aliphatic heterocycles. The summed E-state index contributed by atoms with van der Waals surface area (Å²) in [6.45, 7) is 1.77. The molecular weight excluding hydrogens is 462 g/mol. The van der Waals surface area contributed by atoms with E-state index in [0.717, 1.165) is 21.7 Å². The summed E-state index contributed by atoms with van der Waals surface area (Å²) in [6, 6.07) is 26.8. The van der Waals surface area contributed by atoms with E-state index in [9.17, 15) is 14.4 Å². The van der Waals surface area contributed by atoms with E-state index < -0.39 is 24.3 Å². The highest BCUT2D eigenvalue weighted by Gasteiger charge is 2.25. The number of nitrogens with zero attached hydrogens (tertiary/aromatic N) is 1. The second-order valence-electron chi connectivity index (χ2n) is 7.88. The Bertz CT molecular complexity index is 1100. The van der Waals surface area contributed by atoms with Gasteiger partial charge in [-0.25, -0.2) is 24.8 Å². The van der Waals surface area contributed by atoms with Crippen molar-refractivity contribution in [2.75, 3.05) is 6.54 Å². The largest absolute Gasteiger partial charge is 0.445 e. The summed E-state index contributed by atoms with van der Waals surface area (Å²) in [5.41, 5.74) is 4.83. The first kappa shape index (κ1) is 26.1. The zero-order valence-electron chi connectivity index (χ0n) is 20.0. The van der Waals surface area contributed by atoms with E-state index in [0.29, 0.717) is 0 Å². The number of carbonyl (C=O) groups is 3. The van der Waals surface area contributed by atoms with E-state index >= 15 is 0 Å². The number of hydrogen-bond acceptors (Lipinski definition) is 6. The molecule has 0 bridgehead atoms. The SMILES string of the molecule is C[C@H](CNC(=O)OCc1ccccc1)N(NC(=O)OCc1ccccc1)C(=O)OCc1ccccc1. The van der Waals surface area contributed by atoms with Crippen molar-refractivity contribution in [2.24, 2.45) is 0 Å². The summed E-state index contributed by atoms with van der Waals surface area (Å²) in [5.74, 6) is 0. The van der Waals surface area contributed by atoms with Crippen molar-refractivity contribution >= 4 is 18.3 Å². The Kier molecular flexibility index (Phi) is 10.1. The molecule has 0 fully saturated rings. The van der Waals surface area contributed by atoms with Gasteiger partial charge in [0.15, 0.2) is 0 Å². The van der Waals surface area contributed by atoms with Crippen LogP contribution in [0.4, 0.5) is 14.4 Å². The normalized spacial score (nSPS) is 11.0. The molecule has 2 N–H and O–H groups in total. The van der Waals surface area contributed by atoms with Crippen LogP contribution in [-0.4, -0.2) is 35.9 Å². The molecule has 3 amide bonds. The molecule has 0 saturated carbocycles. The minimum absolute atomic E-state index is 0.00692. The summed E-state index contributed by atoms with van der Waals surface area (Å²) in [5, 5.41) is 3.57. The van der Waals surface area contributed by atoms with Gasteiger partial charge in [-0.3, -0.25) is 0 Å². The number of carbonyl (C=O) groups excluding carboxylic acids is 3. The zero-order chi connectivity index (χ0) is 25.6. The van der Waals surface area contributed by atoms with Crippen LogP contribution in [0.25, 0.3) is 0 Å². The van der Waals surface area contributed by atoms with Crippen LogP contribution in [0.1, 0.15) is 23.6 Å². The van der Waals surface area contributed by atoms with Gasteiger partial charge in [-0.05, 0) is 23.6 Å². The Balaban J connectivity index is 1.54. The molecule has 3 rings (SSSR count). The van der Waals surface area contributed by atoms with Crippen molar-refractivity contribution < 1.29 is 28.6 Å². The second kappa shape index (κ2) is 14.0. The molecule has 0 heterocycles. The van der Waals surface area contributed by atoms with Crippen LogP contribution < -0.4 is 10.7 Å². The fourth-order valence-electron chi connectivity index (χ4n) is 3.07. The molecule has 9 nitrogen and oxygen atoms in total. The first-order valence-electron chi connectivity index (χ1n) is 11.4. The maximum atomic E-state index is 12.8. The van der Waals surface area contributed by atoms with E-state index in [1.165, 1.54) is 0 Å². The van der Waals surface area contributed by atoms with Crippen molar-refractivity contribution in [1.29, 1.82) is 0 Å². The number of ether oxygens (including phenoxy) is 3. The summed E-state index contributed by atoms with van der Waals surface area (Å²) < 4.78 is 15.8. The summed E-state index contributed by atoms with van der Waals surface area (Å²) in [4.78, 5) is 37.4. The zero-order valence-corrected chi connectivity index (χ0v) is 20.0. The Morgan fingerprint density at radius 2 is 1.08 bits per heavy atom. The highest BCUT2D eigenvalue weighted by molar-refractivity contribution is 5.74. The highest BCUT2D eigenvalue weighted by Crippen LogP contribution is 2.07. The van der Waals surface area contributed by atoms with Crippen LogP contribution in [-0.2, 0) is 34.0 Å². The third kappa shape index (κ3) is 9.02. The third-order valence-corrected chi connectivity index (χ3v) is 5.02. The summed E-state index contributed by atoms with van der Waals surface area (Å²) >= 11 is 0. The van der Waals surface area contributed by atoms with Crippen LogP contribution >= 0.6 is 0 Å². The minimum Gasteiger partial charge on any atom is -0.445 e. The van der Waals surface area contributed by atoms with Crippen LogP contribution in [0, 0.1) is 0 Å². The number of rotatable bonds is 9. The molecule has 0 aliphatic rings. The van der Waals surface area contributed by atoms with Crippen molar-refractivity contribution in [1.82, 2.24) is 15.8 Å². The second-order valence-corrected chi connectivity index (χ2v) is 7.88. The Labute approximate surface area is 209 Å². The lowest BCUT2D eigenvalue weighted by molar-refractivity contribution is 0.0488. The first-order valence-corrected chi connectivity index (χ1v) is 11.4. The molecule has 188 valence electrons. The van der Waals surface area contributed by atoms with Gasteiger partial charge in [-0.15, -0.1) is 0 Å². The topological polar surface area (TPSA) is 106 Å². The van der Waals surface area contributed by atoms with Crippen molar-refractivity contribution in [3.05, 3.63) is 108 Å². The lowest BCUT2D eigenvalue weighted by Crippen LogP contribution is -2.54. The Morgan fingerprint density at radius 1 is 0.667 bits per heavy atom. The van der Waals surface area contributed by atoms with E-state index in [4.69, 9.17) is 14.2 Å². The van der Waals surface area contributed by atoms with Crippen LogP contribution in [0.3, 0.4) is 0 Å². The Hall–Kier alpha value is -4.53. The average molecular weight is 492 g/mol. The number of hydrogen-bond donors (Lipinski definition) is 2. The fraction of sp³-hybridized carbons (Fsp3) is 0.222. The smallest absolute Gasteiger partial charge is 0.429 e. The van der Waals surface area contributed by atoms with Gasteiger partial charge in [-0.1, -0.05) is 91.0 Å². The lowest BCUT2D eigenvalue weighted by atomic mass is 10.2. The molecule has 0 unspecified atom stereocenters. The van der Waals surface area contributed by atoms with Crippen molar-refractivity contribution in [2.45, 2.75) is 32.8 Å². The number of alkyl carbamates (subject to hydrolysis) is 1. The molecule has 0 aromatic heterocycles. The van der Waals surface area contributed by atoms with Crippen LogP contribution in [0.2, 0.25) is 0 Å². The number of hydrazine groups is 1. The summed E-state index contributed by atoms with van der Waals surface area (Å²) in [7, 11) is 0. The van der Waals surface area contributed by atoms with Gasteiger partial charge < -0.3 is 19.5 Å². The Morgan fingerprint density at radius 3 is 1.56 bits per heavy atom. The standard InChI is InChI=1S/C27H29N3O6/c1-21(17-28-25(31)34-18-22-11-5-2-6-12-22)30(27(33)36-20-24-15-9-4-10-16-24)29-26(32)35-19-23-13-7-3-8-14-23/h2-16,21H,17-20H2,1H3,(H,28,31)(H,29,32)/t21-/m1/s1. The first-order chi connectivity index (χ1) is 17.5. The van der Waals surface area contributed by atoms with Crippen LogP contribution in [0.5, 0.6) is 0 Å². The van der Waals surface area contributed by atoms with Crippen LogP contribution in [0.15, 0.2) is 91.0 Å². The van der Waals surface area contributed by atoms with Gasteiger partial charge in [0, 0.05) is 6.54 Å². The highest BCUT2D eigenvalue weighted by atomic mass is 16.6. The summed E-state index contributed by atoms with van der Waals surface area (Å²) in [6.07, 6.45) is -2.30. The molecule has 0 spiro atoms. The quantitative estimate of drug-likeness (QED) is 0.330. The molecule has 9 heteroatoms. The minimum atomic E-state index is -0.839. The van der Waals surface area contributed by atoms with E-state index in [2.05, 4.69) is 10.7 Å². The van der Waals surface area contributed by atoms with Gasteiger partial charge in [-0.2, -0.15) is 0 Å². The molecule has 0 aliphatic carbocycles. The maximum absolute atomic E-state index is 12.8. The lowest BCUT2D eigenvalue weighted by Gasteiger charge is -2.28. The van der Waals surface area contributed by atoms with E-state index in [1.54, 1.807) is 6.92 Å². The van der Waals surface area contributed by atoms with Crippen molar-refractivity contribution in [3.63, 3.8) is 0 Å². The number of amides is 3. The average Bonchev–Trinajstić information content (AvgIpc) is 2.92.